The van der Waals surface area contributed by atoms with Crippen LogP contribution in [0.1, 0.15) is 12.0 Å². The number of benzene rings is 1. The van der Waals surface area contributed by atoms with Crippen molar-refractivity contribution in [1.29, 1.82) is 0 Å². The monoisotopic (exact) mass is 300 g/mol. The average Bonchev–Trinajstić information content (AvgIpc) is 2.59. The van der Waals surface area contributed by atoms with Crippen molar-refractivity contribution < 1.29 is 14.3 Å². The standard InChI is InChI=1S/C17H20N2O3/c1-19(14-5-4-10-18-12-14)17(20)9-7-13-6-8-15(21-2)16(11-13)22-3/h4-6,8,10-12H,7,9H2,1-3H3. The third-order valence-corrected chi connectivity index (χ3v) is 3.48. The molecule has 0 spiro atoms. The average molecular weight is 300 g/mol. The second-order valence-electron chi connectivity index (χ2n) is 4.85. The van der Waals surface area contributed by atoms with Gasteiger partial charge in [-0.15, -0.1) is 0 Å². The highest BCUT2D eigenvalue weighted by molar-refractivity contribution is 5.92. The minimum absolute atomic E-state index is 0.0442. The van der Waals surface area contributed by atoms with Gasteiger partial charge in [0.1, 0.15) is 0 Å². The van der Waals surface area contributed by atoms with E-state index < -0.39 is 0 Å². The van der Waals surface area contributed by atoms with E-state index in [0.29, 0.717) is 24.3 Å². The summed E-state index contributed by atoms with van der Waals surface area (Å²) in [5.74, 6) is 1.40. The van der Waals surface area contributed by atoms with Crippen molar-refractivity contribution in [2.75, 3.05) is 26.2 Å². The third kappa shape index (κ3) is 3.75. The van der Waals surface area contributed by atoms with Gasteiger partial charge >= 0.3 is 0 Å². The molecule has 0 aliphatic heterocycles. The van der Waals surface area contributed by atoms with Crippen LogP contribution in [-0.4, -0.2) is 32.2 Å². The molecule has 1 aromatic carbocycles. The maximum Gasteiger partial charge on any atom is 0.227 e. The Labute approximate surface area is 130 Å². The summed E-state index contributed by atoms with van der Waals surface area (Å²) in [6.07, 6.45) is 4.42. The summed E-state index contributed by atoms with van der Waals surface area (Å²) in [5.41, 5.74) is 1.82. The lowest BCUT2D eigenvalue weighted by Crippen LogP contribution is -2.26. The summed E-state index contributed by atoms with van der Waals surface area (Å²) in [4.78, 5) is 17.9. The maximum absolute atomic E-state index is 12.2. The highest BCUT2D eigenvalue weighted by Crippen LogP contribution is 2.28. The molecular formula is C17H20N2O3. The predicted molar refractivity (Wildman–Crippen MR) is 85.5 cm³/mol. The molecule has 5 heteroatoms. The molecule has 1 aromatic heterocycles. The topological polar surface area (TPSA) is 51.7 Å². The Morgan fingerprint density at radius 2 is 1.95 bits per heavy atom. The van der Waals surface area contributed by atoms with E-state index >= 15 is 0 Å². The molecule has 1 heterocycles. The molecule has 0 aliphatic rings. The van der Waals surface area contributed by atoms with Crippen LogP contribution in [0, 0.1) is 0 Å². The Hall–Kier alpha value is -2.56. The van der Waals surface area contributed by atoms with Crippen LogP contribution in [0.3, 0.4) is 0 Å². The van der Waals surface area contributed by atoms with Gasteiger partial charge in [0, 0.05) is 19.7 Å². The number of hydrogen-bond acceptors (Lipinski definition) is 4. The normalized spacial score (nSPS) is 10.1. The smallest absolute Gasteiger partial charge is 0.227 e. The van der Waals surface area contributed by atoms with Gasteiger partial charge in [-0.3, -0.25) is 9.78 Å². The number of anilines is 1. The van der Waals surface area contributed by atoms with Crippen LogP contribution in [0.15, 0.2) is 42.7 Å². The first-order valence-electron chi connectivity index (χ1n) is 7.03. The molecule has 116 valence electrons. The molecule has 0 radical (unpaired) electrons. The van der Waals surface area contributed by atoms with Crippen molar-refractivity contribution in [3.8, 4) is 11.5 Å². The second kappa shape index (κ2) is 7.45. The van der Waals surface area contributed by atoms with E-state index in [1.807, 2.05) is 30.3 Å². The summed E-state index contributed by atoms with van der Waals surface area (Å²) in [5, 5.41) is 0. The van der Waals surface area contributed by atoms with E-state index in [9.17, 15) is 4.79 Å². The van der Waals surface area contributed by atoms with Gasteiger partial charge in [0.2, 0.25) is 5.91 Å². The SMILES string of the molecule is COc1ccc(CCC(=O)N(C)c2cccnc2)cc1OC. The van der Waals surface area contributed by atoms with E-state index in [1.165, 1.54) is 0 Å². The van der Waals surface area contributed by atoms with Crippen LogP contribution in [0.2, 0.25) is 0 Å². The van der Waals surface area contributed by atoms with Crippen molar-refractivity contribution in [3.63, 3.8) is 0 Å². The fraction of sp³-hybridized carbons (Fsp3) is 0.294. The predicted octanol–water partition coefficient (Wildman–Crippen LogP) is 2.69. The first-order valence-corrected chi connectivity index (χ1v) is 7.03. The van der Waals surface area contributed by atoms with Gasteiger partial charge in [-0.2, -0.15) is 0 Å². The van der Waals surface area contributed by atoms with Crippen molar-refractivity contribution in [2.24, 2.45) is 0 Å². The Balaban J connectivity index is 1.99. The molecular weight excluding hydrogens is 280 g/mol. The summed E-state index contributed by atoms with van der Waals surface area (Å²) < 4.78 is 10.5. The molecule has 0 bridgehead atoms. The number of methoxy groups -OCH3 is 2. The summed E-state index contributed by atoms with van der Waals surface area (Å²) >= 11 is 0. The number of carbonyl (C=O) groups is 1. The number of aromatic nitrogens is 1. The van der Waals surface area contributed by atoms with Crippen LogP contribution in [0.25, 0.3) is 0 Å². The number of aryl methyl sites for hydroxylation is 1. The van der Waals surface area contributed by atoms with Crippen LogP contribution in [0.4, 0.5) is 5.69 Å². The molecule has 1 amide bonds. The van der Waals surface area contributed by atoms with Crippen LogP contribution >= 0.6 is 0 Å². The number of rotatable bonds is 6. The van der Waals surface area contributed by atoms with Gasteiger partial charge in [-0.05, 0) is 36.2 Å². The van der Waals surface area contributed by atoms with E-state index in [-0.39, 0.29) is 5.91 Å². The molecule has 0 unspecified atom stereocenters. The van der Waals surface area contributed by atoms with E-state index in [0.717, 1.165) is 11.3 Å². The number of ether oxygens (including phenoxy) is 2. The van der Waals surface area contributed by atoms with Gasteiger partial charge in [0.05, 0.1) is 26.1 Å². The maximum atomic E-state index is 12.2. The minimum atomic E-state index is 0.0442. The van der Waals surface area contributed by atoms with Crippen LogP contribution < -0.4 is 14.4 Å². The fourth-order valence-electron chi connectivity index (χ4n) is 2.15. The lowest BCUT2D eigenvalue weighted by atomic mass is 10.1. The van der Waals surface area contributed by atoms with E-state index in [4.69, 9.17) is 9.47 Å². The molecule has 0 atom stereocenters. The Morgan fingerprint density at radius 3 is 2.59 bits per heavy atom. The Kier molecular flexibility index (Phi) is 5.36. The van der Waals surface area contributed by atoms with E-state index in [2.05, 4.69) is 4.98 Å². The summed E-state index contributed by atoms with van der Waals surface area (Å²) in [6, 6.07) is 9.37. The summed E-state index contributed by atoms with van der Waals surface area (Å²) in [7, 11) is 4.96. The number of hydrogen-bond donors (Lipinski definition) is 0. The second-order valence-corrected chi connectivity index (χ2v) is 4.85. The summed E-state index contributed by atoms with van der Waals surface area (Å²) in [6.45, 7) is 0. The van der Waals surface area contributed by atoms with Crippen LogP contribution in [0.5, 0.6) is 11.5 Å². The minimum Gasteiger partial charge on any atom is -0.493 e. The lowest BCUT2D eigenvalue weighted by Gasteiger charge is -2.17. The lowest BCUT2D eigenvalue weighted by molar-refractivity contribution is -0.118. The number of pyridine rings is 1. The number of carbonyl (C=O) groups excluding carboxylic acids is 1. The first-order chi connectivity index (χ1) is 10.7. The van der Waals surface area contributed by atoms with Gasteiger partial charge in [-0.25, -0.2) is 0 Å². The van der Waals surface area contributed by atoms with Gasteiger partial charge < -0.3 is 14.4 Å². The zero-order valence-electron chi connectivity index (χ0n) is 13.1. The first kappa shape index (κ1) is 15.8. The highest BCUT2D eigenvalue weighted by Gasteiger charge is 2.12. The van der Waals surface area contributed by atoms with Crippen molar-refractivity contribution in [1.82, 2.24) is 4.98 Å². The molecule has 0 saturated heterocycles. The quantitative estimate of drug-likeness (QED) is 0.823. The Morgan fingerprint density at radius 1 is 1.18 bits per heavy atom. The molecule has 2 rings (SSSR count). The largest absolute Gasteiger partial charge is 0.493 e. The number of nitrogens with zero attached hydrogens (tertiary/aromatic N) is 2. The van der Waals surface area contributed by atoms with Gasteiger partial charge in [0.15, 0.2) is 11.5 Å². The van der Waals surface area contributed by atoms with Crippen molar-refractivity contribution in [3.05, 3.63) is 48.3 Å². The Bertz CT molecular complexity index is 629. The van der Waals surface area contributed by atoms with Crippen molar-refractivity contribution in [2.45, 2.75) is 12.8 Å². The zero-order chi connectivity index (χ0) is 15.9. The molecule has 22 heavy (non-hydrogen) atoms. The zero-order valence-corrected chi connectivity index (χ0v) is 13.1. The van der Waals surface area contributed by atoms with E-state index in [1.54, 1.807) is 38.6 Å². The van der Waals surface area contributed by atoms with Crippen molar-refractivity contribution >= 4 is 11.6 Å². The molecule has 0 N–H and O–H groups in total. The highest BCUT2D eigenvalue weighted by atomic mass is 16.5. The molecule has 0 fully saturated rings. The van der Waals surface area contributed by atoms with Gasteiger partial charge in [-0.1, -0.05) is 6.07 Å². The van der Waals surface area contributed by atoms with Gasteiger partial charge in [0.25, 0.3) is 0 Å². The molecule has 0 aliphatic carbocycles. The fourth-order valence-corrected chi connectivity index (χ4v) is 2.15. The molecule has 0 saturated carbocycles. The molecule has 5 nitrogen and oxygen atoms in total. The molecule has 2 aromatic rings. The van der Waals surface area contributed by atoms with Crippen LogP contribution in [-0.2, 0) is 11.2 Å². The third-order valence-electron chi connectivity index (χ3n) is 3.48. The number of amides is 1.